The lowest BCUT2D eigenvalue weighted by Crippen LogP contribution is -2.68. The standard InChI is InChI=1S/C29H43NO5/c1-26-11-8-23-24(29(26,34)14-10-22(26)19-15-25(32)35-17-19)9-13-28(33)16-21(31)7-12-27(23,28)18-30-20-5-3-2-4-6-20/h15,18,20-24,31,33-34H,2-14,16-17H2,1H3/t21-,22-,23+,24-,26-,27+,28+,29+/m1/s1. The third-order valence-corrected chi connectivity index (χ3v) is 11.7. The van der Waals surface area contributed by atoms with E-state index in [2.05, 4.69) is 13.1 Å². The molecule has 0 saturated heterocycles. The number of carbonyl (C=O) groups excluding carboxylic acids is 1. The molecule has 5 saturated carbocycles. The van der Waals surface area contributed by atoms with E-state index < -0.39 is 22.7 Å². The molecule has 0 radical (unpaired) electrons. The van der Waals surface area contributed by atoms with Gasteiger partial charge in [-0.05, 0) is 87.5 Å². The molecular weight excluding hydrogens is 442 g/mol. The summed E-state index contributed by atoms with van der Waals surface area (Å²) in [4.78, 5) is 17.0. The molecule has 5 aliphatic carbocycles. The molecule has 35 heavy (non-hydrogen) atoms. The predicted octanol–water partition coefficient (Wildman–Crippen LogP) is 4.10. The van der Waals surface area contributed by atoms with Crippen molar-refractivity contribution >= 4 is 12.2 Å². The molecule has 5 fully saturated rings. The van der Waals surface area contributed by atoms with Gasteiger partial charge in [-0.25, -0.2) is 4.79 Å². The molecule has 3 N–H and O–H groups in total. The summed E-state index contributed by atoms with van der Waals surface area (Å²) in [6.07, 6.45) is 16.0. The first-order valence-corrected chi connectivity index (χ1v) is 14.3. The maximum absolute atomic E-state index is 12.5. The number of aliphatic hydroxyl groups excluding tert-OH is 1. The number of nitrogens with zero attached hydrogens (tertiary/aromatic N) is 1. The lowest BCUT2D eigenvalue weighted by atomic mass is 9.41. The Balaban J connectivity index is 1.36. The highest BCUT2D eigenvalue weighted by Gasteiger charge is 2.71. The molecule has 6 nitrogen and oxygen atoms in total. The van der Waals surface area contributed by atoms with Crippen molar-refractivity contribution in [3.8, 4) is 0 Å². The van der Waals surface area contributed by atoms with Crippen LogP contribution in [-0.2, 0) is 9.53 Å². The zero-order valence-electron chi connectivity index (χ0n) is 21.3. The summed E-state index contributed by atoms with van der Waals surface area (Å²) in [7, 11) is 0. The monoisotopic (exact) mass is 485 g/mol. The Morgan fingerprint density at radius 3 is 2.49 bits per heavy atom. The van der Waals surface area contributed by atoms with Crippen LogP contribution in [0.25, 0.3) is 0 Å². The third-order valence-electron chi connectivity index (χ3n) is 11.7. The summed E-state index contributed by atoms with van der Waals surface area (Å²) in [5, 5.41) is 35.2. The van der Waals surface area contributed by atoms with Gasteiger partial charge in [-0.2, -0.15) is 0 Å². The quantitative estimate of drug-likeness (QED) is 0.413. The van der Waals surface area contributed by atoms with Gasteiger partial charge in [-0.15, -0.1) is 0 Å². The van der Waals surface area contributed by atoms with Crippen molar-refractivity contribution in [1.29, 1.82) is 0 Å². The van der Waals surface area contributed by atoms with E-state index in [1.54, 1.807) is 6.08 Å². The van der Waals surface area contributed by atoms with Gasteiger partial charge in [-0.1, -0.05) is 26.2 Å². The first-order chi connectivity index (χ1) is 16.7. The highest BCUT2D eigenvalue weighted by molar-refractivity contribution is 5.85. The number of aliphatic imine (C=N–C) groups is 1. The number of hydrogen-bond acceptors (Lipinski definition) is 6. The van der Waals surface area contributed by atoms with E-state index in [4.69, 9.17) is 9.73 Å². The van der Waals surface area contributed by atoms with E-state index in [-0.39, 0.29) is 29.1 Å². The largest absolute Gasteiger partial charge is 0.458 e. The maximum atomic E-state index is 12.5. The van der Waals surface area contributed by atoms with Gasteiger partial charge in [0.25, 0.3) is 0 Å². The van der Waals surface area contributed by atoms with E-state index in [9.17, 15) is 20.1 Å². The number of aliphatic hydroxyl groups is 3. The van der Waals surface area contributed by atoms with Crippen LogP contribution in [0.4, 0.5) is 0 Å². The van der Waals surface area contributed by atoms with Crippen molar-refractivity contribution in [2.24, 2.45) is 33.6 Å². The topological polar surface area (TPSA) is 99.4 Å². The first kappa shape index (κ1) is 24.1. The van der Waals surface area contributed by atoms with E-state index >= 15 is 0 Å². The zero-order valence-corrected chi connectivity index (χ0v) is 21.3. The second-order valence-electron chi connectivity index (χ2n) is 13.1. The zero-order chi connectivity index (χ0) is 24.5. The lowest BCUT2D eigenvalue weighted by molar-refractivity contribution is -0.237. The van der Waals surface area contributed by atoms with Crippen molar-refractivity contribution in [2.45, 2.75) is 120 Å². The molecule has 0 bridgehead atoms. The van der Waals surface area contributed by atoms with Gasteiger partial charge in [0.1, 0.15) is 6.61 Å². The van der Waals surface area contributed by atoms with Crippen LogP contribution < -0.4 is 0 Å². The van der Waals surface area contributed by atoms with E-state index in [0.29, 0.717) is 31.9 Å². The van der Waals surface area contributed by atoms with Crippen LogP contribution in [0.2, 0.25) is 0 Å². The van der Waals surface area contributed by atoms with E-state index in [1.807, 2.05) is 0 Å². The Kier molecular flexibility index (Phi) is 5.78. The van der Waals surface area contributed by atoms with Crippen LogP contribution in [0.5, 0.6) is 0 Å². The van der Waals surface area contributed by atoms with Gasteiger partial charge in [0.15, 0.2) is 0 Å². The number of rotatable bonds is 3. The highest BCUT2D eigenvalue weighted by Crippen LogP contribution is 2.70. The Hall–Kier alpha value is -1.24. The van der Waals surface area contributed by atoms with Crippen LogP contribution in [0.15, 0.2) is 16.6 Å². The minimum Gasteiger partial charge on any atom is -0.458 e. The van der Waals surface area contributed by atoms with Crippen LogP contribution >= 0.6 is 0 Å². The van der Waals surface area contributed by atoms with Gasteiger partial charge in [-0.3, -0.25) is 4.99 Å². The number of fused-ring (bicyclic) bond motifs is 5. The SMILES string of the molecule is C[C@]12CC[C@H]3[C@@H](CC[C@]4(O)C[C@H](O)CC[C@]34C=NC3CCCCC3)[C@@]1(O)CC[C@@H]2C1=CC(=O)OC1. The molecule has 1 aliphatic heterocycles. The van der Waals surface area contributed by atoms with Crippen LogP contribution in [-0.4, -0.2) is 57.5 Å². The average Bonchev–Trinajstić information content (AvgIpc) is 3.38. The molecule has 6 rings (SSSR count). The molecule has 0 aromatic carbocycles. The van der Waals surface area contributed by atoms with Crippen molar-refractivity contribution < 1.29 is 24.9 Å². The van der Waals surface area contributed by atoms with E-state index in [1.165, 1.54) is 19.3 Å². The van der Waals surface area contributed by atoms with Crippen LogP contribution in [0.1, 0.15) is 96.8 Å². The first-order valence-electron chi connectivity index (χ1n) is 14.3. The molecule has 0 aromatic rings. The molecule has 0 amide bonds. The van der Waals surface area contributed by atoms with Crippen molar-refractivity contribution in [3.63, 3.8) is 0 Å². The Morgan fingerprint density at radius 1 is 0.971 bits per heavy atom. The smallest absolute Gasteiger partial charge is 0.331 e. The van der Waals surface area contributed by atoms with Gasteiger partial charge in [0, 0.05) is 35.6 Å². The second kappa shape index (κ2) is 8.39. The second-order valence-corrected chi connectivity index (χ2v) is 13.1. The fourth-order valence-corrected chi connectivity index (χ4v) is 9.83. The molecule has 8 atom stereocenters. The number of cyclic esters (lactones) is 1. The van der Waals surface area contributed by atoms with Crippen molar-refractivity contribution in [2.75, 3.05) is 6.61 Å². The molecule has 0 unspecified atom stereocenters. The van der Waals surface area contributed by atoms with Crippen LogP contribution in [0.3, 0.4) is 0 Å². The minimum absolute atomic E-state index is 0.0956. The summed E-state index contributed by atoms with van der Waals surface area (Å²) in [6, 6.07) is 0.342. The summed E-state index contributed by atoms with van der Waals surface area (Å²) in [6.45, 7) is 2.59. The van der Waals surface area contributed by atoms with Gasteiger partial charge < -0.3 is 20.1 Å². The summed E-state index contributed by atoms with van der Waals surface area (Å²) < 4.78 is 5.25. The van der Waals surface area contributed by atoms with Gasteiger partial charge in [0.2, 0.25) is 0 Å². The summed E-state index contributed by atoms with van der Waals surface area (Å²) in [5.41, 5.74) is -1.50. The van der Waals surface area contributed by atoms with Crippen LogP contribution in [0, 0.1) is 28.6 Å². The molecular formula is C29H43NO5. The molecule has 6 aliphatic rings. The highest BCUT2D eigenvalue weighted by atomic mass is 16.5. The number of esters is 1. The number of ether oxygens (including phenoxy) is 1. The fraction of sp³-hybridized carbons (Fsp3) is 0.862. The minimum atomic E-state index is -0.958. The molecule has 194 valence electrons. The average molecular weight is 486 g/mol. The normalized spacial score (nSPS) is 50.4. The fourth-order valence-electron chi connectivity index (χ4n) is 9.83. The third kappa shape index (κ3) is 3.45. The Bertz CT molecular complexity index is 926. The number of carbonyl (C=O) groups is 1. The predicted molar refractivity (Wildman–Crippen MR) is 133 cm³/mol. The Morgan fingerprint density at radius 2 is 1.74 bits per heavy atom. The summed E-state index contributed by atoms with van der Waals surface area (Å²) in [5.74, 6) is 0.168. The van der Waals surface area contributed by atoms with Gasteiger partial charge >= 0.3 is 5.97 Å². The summed E-state index contributed by atoms with van der Waals surface area (Å²) >= 11 is 0. The molecule has 0 spiro atoms. The molecule has 0 aromatic heterocycles. The molecule has 6 heteroatoms. The lowest BCUT2D eigenvalue weighted by Gasteiger charge is -2.65. The number of hydrogen-bond donors (Lipinski definition) is 3. The van der Waals surface area contributed by atoms with Crippen molar-refractivity contribution in [3.05, 3.63) is 11.6 Å². The maximum Gasteiger partial charge on any atom is 0.331 e. The van der Waals surface area contributed by atoms with Gasteiger partial charge in [0.05, 0.1) is 17.3 Å². The van der Waals surface area contributed by atoms with E-state index in [0.717, 1.165) is 56.9 Å². The molecule has 1 heterocycles. The Labute approximate surface area is 209 Å². The van der Waals surface area contributed by atoms with Crippen molar-refractivity contribution in [1.82, 2.24) is 0 Å².